The maximum atomic E-state index is 13.9. The van der Waals surface area contributed by atoms with Crippen molar-refractivity contribution < 1.29 is 18.3 Å². The van der Waals surface area contributed by atoms with Crippen molar-refractivity contribution in [3.63, 3.8) is 0 Å². The molecule has 1 aromatic rings. The molecule has 1 spiro atoms. The monoisotopic (exact) mass is 428 g/mol. The number of hydrogen-bond acceptors (Lipinski definition) is 3. The average molecular weight is 429 g/mol. The molecule has 1 amide bonds. The number of amides is 1. The number of nitrogens with zero attached hydrogens (tertiary/aromatic N) is 2. The highest BCUT2D eigenvalue weighted by Crippen LogP contribution is 2.44. The van der Waals surface area contributed by atoms with Gasteiger partial charge in [0.25, 0.3) is 5.91 Å². The largest absolute Gasteiger partial charge is 0.342 e. The van der Waals surface area contributed by atoms with Gasteiger partial charge in [0.15, 0.2) is 5.60 Å². The third kappa shape index (κ3) is 4.51. The molecule has 0 unspecified atom stereocenters. The van der Waals surface area contributed by atoms with Crippen LogP contribution in [-0.4, -0.2) is 46.7 Å². The summed E-state index contributed by atoms with van der Waals surface area (Å²) in [5.41, 5.74) is 2.21. The normalized spacial score (nSPS) is 26.6. The number of aryl methyl sites for hydroxylation is 1. The molecule has 0 aromatic heterocycles. The Bertz CT molecular complexity index is 927. The van der Waals surface area contributed by atoms with Gasteiger partial charge in [0.2, 0.25) is 0 Å². The number of fused-ring (bicyclic) bond motifs is 1. The smallest absolute Gasteiger partial charge is 0.257 e. The van der Waals surface area contributed by atoms with Crippen LogP contribution in [0.1, 0.15) is 43.7 Å². The molecule has 0 bridgehead atoms. The number of likely N-dealkylation sites (tertiary alicyclic amines) is 1. The van der Waals surface area contributed by atoms with Gasteiger partial charge in [0, 0.05) is 25.7 Å². The van der Waals surface area contributed by atoms with Crippen LogP contribution in [0.15, 0.2) is 60.2 Å². The molecule has 0 N–H and O–H groups in total. The van der Waals surface area contributed by atoms with Gasteiger partial charge in [-0.05, 0) is 56.7 Å². The predicted molar refractivity (Wildman–Crippen MR) is 116 cm³/mol. The first-order valence-electron chi connectivity index (χ1n) is 11.0. The molecule has 4 rings (SSSR count). The van der Waals surface area contributed by atoms with Crippen LogP contribution in [0.3, 0.4) is 0 Å². The average Bonchev–Trinajstić information content (AvgIpc) is 3.22. The molecule has 3 heterocycles. The molecule has 6 heteroatoms. The van der Waals surface area contributed by atoms with Crippen molar-refractivity contribution in [1.82, 2.24) is 9.80 Å². The van der Waals surface area contributed by atoms with Gasteiger partial charge >= 0.3 is 0 Å². The van der Waals surface area contributed by atoms with E-state index in [1.807, 2.05) is 0 Å². The standard InChI is InChI=1S/C25H30F2N2O2/c1-17-5-4-6-20(13-17)16-28-11-9-25(10-12-28)24(30)29-22(7-8-23(29)31-25)18(2)14-21(27)15-19(3)26/h4-6,13-15,22-23H,2,7-12,16H2,1,3H3/b19-15+,21-14+/t22-,23+/m0/s1. The van der Waals surface area contributed by atoms with Crippen LogP contribution in [-0.2, 0) is 16.1 Å². The van der Waals surface area contributed by atoms with Crippen molar-refractivity contribution in [3.8, 4) is 0 Å². The zero-order valence-electron chi connectivity index (χ0n) is 18.2. The molecular formula is C25H30F2N2O2. The Morgan fingerprint density at radius 1 is 1.26 bits per heavy atom. The van der Waals surface area contributed by atoms with E-state index in [0.29, 0.717) is 31.3 Å². The van der Waals surface area contributed by atoms with Crippen LogP contribution in [0.5, 0.6) is 0 Å². The second-order valence-electron chi connectivity index (χ2n) is 8.97. The lowest BCUT2D eigenvalue weighted by Crippen LogP contribution is -2.51. The summed E-state index contributed by atoms with van der Waals surface area (Å²) in [5, 5.41) is 0. The van der Waals surface area contributed by atoms with Crippen LogP contribution in [0.2, 0.25) is 0 Å². The number of halogens is 2. The van der Waals surface area contributed by atoms with Gasteiger partial charge in [-0.25, -0.2) is 8.78 Å². The van der Waals surface area contributed by atoms with Crippen LogP contribution >= 0.6 is 0 Å². The minimum absolute atomic E-state index is 0.0117. The van der Waals surface area contributed by atoms with Crippen molar-refractivity contribution in [2.24, 2.45) is 0 Å². The fourth-order valence-electron chi connectivity index (χ4n) is 5.06. The molecule has 2 atom stereocenters. The zero-order chi connectivity index (χ0) is 22.2. The van der Waals surface area contributed by atoms with E-state index in [2.05, 4.69) is 42.7 Å². The maximum absolute atomic E-state index is 13.9. The minimum atomic E-state index is -0.787. The Hall–Kier alpha value is -2.31. The van der Waals surface area contributed by atoms with Gasteiger partial charge in [-0.2, -0.15) is 0 Å². The Balaban J connectivity index is 1.41. The van der Waals surface area contributed by atoms with Gasteiger partial charge in [-0.1, -0.05) is 36.4 Å². The number of carbonyl (C=O) groups excluding carboxylic acids is 1. The first-order chi connectivity index (χ1) is 14.8. The SMILES string of the molecule is C=C(/C=C(F)\C=C(/C)F)[C@@H]1CC[C@H]2OC3(CCN(Cc4cccc(C)c4)CC3)C(=O)N21. The van der Waals surface area contributed by atoms with Gasteiger partial charge in [0.1, 0.15) is 12.1 Å². The molecular weight excluding hydrogens is 398 g/mol. The minimum Gasteiger partial charge on any atom is -0.342 e. The van der Waals surface area contributed by atoms with Gasteiger partial charge in [0.05, 0.1) is 11.9 Å². The van der Waals surface area contributed by atoms with E-state index in [4.69, 9.17) is 4.74 Å². The molecule has 4 nitrogen and oxygen atoms in total. The lowest BCUT2D eigenvalue weighted by Gasteiger charge is -2.37. The summed E-state index contributed by atoms with van der Waals surface area (Å²) < 4.78 is 33.2. The van der Waals surface area contributed by atoms with Crippen LogP contribution in [0.25, 0.3) is 0 Å². The Kier molecular flexibility index (Phi) is 6.13. The van der Waals surface area contributed by atoms with Gasteiger partial charge < -0.3 is 9.64 Å². The molecule has 3 aliphatic rings. The lowest BCUT2D eigenvalue weighted by molar-refractivity contribution is -0.143. The number of hydrogen-bond donors (Lipinski definition) is 0. The summed E-state index contributed by atoms with van der Waals surface area (Å²) in [6.07, 6.45) is 4.44. The quantitative estimate of drug-likeness (QED) is 0.622. The highest BCUT2D eigenvalue weighted by molar-refractivity contribution is 5.88. The zero-order valence-corrected chi connectivity index (χ0v) is 18.2. The highest BCUT2D eigenvalue weighted by atomic mass is 19.1. The van der Waals surface area contributed by atoms with E-state index in [9.17, 15) is 13.6 Å². The topological polar surface area (TPSA) is 32.8 Å². The predicted octanol–water partition coefficient (Wildman–Crippen LogP) is 4.96. The maximum Gasteiger partial charge on any atom is 0.257 e. The van der Waals surface area contributed by atoms with Crippen molar-refractivity contribution in [1.29, 1.82) is 0 Å². The highest BCUT2D eigenvalue weighted by Gasteiger charge is 2.57. The third-order valence-electron chi connectivity index (χ3n) is 6.56. The lowest BCUT2D eigenvalue weighted by atomic mass is 9.89. The van der Waals surface area contributed by atoms with Crippen LogP contribution in [0, 0.1) is 6.92 Å². The van der Waals surface area contributed by atoms with Gasteiger partial charge in [-0.3, -0.25) is 9.69 Å². The number of ether oxygens (including phenoxy) is 1. The first kappa shape index (κ1) is 21.9. The molecule has 0 radical (unpaired) electrons. The second-order valence-corrected chi connectivity index (χ2v) is 8.97. The second kappa shape index (κ2) is 8.67. The Labute approximate surface area is 182 Å². The summed E-state index contributed by atoms with van der Waals surface area (Å²) in [6.45, 7) is 9.68. The third-order valence-corrected chi connectivity index (χ3v) is 6.56. The van der Waals surface area contributed by atoms with E-state index >= 15 is 0 Å². The summed E-state index contributed by atoms with van der Waals surface area (Å²) >= 11 is 0. The summed E-state index contributed by atoms with van der Waals surface area (Å²) in [6, 6.07) is 8.19. The first-order valence-corrected chi connectivity index (χ1v) is 11.0. The summed E-state index contributed by atoms with van der Waals surface area (Å²) in [5.74, 6) is -1.31. The van der Waals surface area contributed by atoms with Crippen LogP contribution in [0.4, 0.5) is 8.78 Å². The van der Waals surface area contributed by atoms with E-state index in [1.54, 1.807) is 4.90 Å². The molecule has 0 aliphatic carbocycles. The van der Waals surface area contributed by atoms with Crippen molar-refractivity contribution in [2.45, 2.75) is 63.9 Å². The molecule has 3 aliphatic heterocycles. The molecule has 3 saturated heterocycles. The van der Waals surface area contributed by atoms with Crippen molar-refractivity contribution >= 4 is 5.91 Å². The Morgan fingerprint density at radius 3 is 2.68 bits per heavy atom. The van der Waals surface area contributed by atoms with E-state index in [1.165, 1.54) is 24.1 Å². The fourth-order valence-corrected chi connectivity index (χ4v) is 5.06. The van der Waals surface area contributed by atoms with Crippen molar-refractivity contribution in [3.05, 3.63) is 71.4 Å². The van der Waals surface area contributed by atoms with E-state index < -0.39 is 17.3 Å². The number of piperidine rings is 1. The van der Waals surface area contributed by atoms with Crippen LogP contribution < -0.4 is 0 Å². The number of allylic oxidation sites excluding steroid dienone is 3. The number of rotatable bonds is 5. The Morgan fingerprint density at radius 2 is 2.00 bits per heavy atom. The van der Waals surface area contributed by atoms with E-state index in [0.717, 1.165) is 25.7 Å². The molecule has 3 fully saturated rings. The molecule has 1 aromatic carbocycles. The molecule has 31 heavy (non-hydrogen) atoms. The van der Waals surface area contributed by atoms with E-state index in [-0.39, 0.29) is 18.2 Å². The van der Waals surface area contributed by atoms with Crippen molar-refractivity contribution in [2.75, 3.05) is 13.1 Å². The summed E-state index contributed by atoms with van der Waals surface area (Å²) in [4.78, 5) is 17.5. The molecule has 166 valence electrons. The number of carbonyl (C=O) groups is 1. The summed E-state index contributed by atoms with van der Waals surface area (Å²) in [7, 11) is 0. The fraction of sp³-hybridized carbons (Fsp3) is 0.480. The number of benzene rings is 1. The van der Waals surface area contributed by atoms with Gasteiger partial charge in [-0.15, -0.1) is 0 Å². The molecule has 0 saturated carbocycles.